The van der Waals surface area contributed by atoms with Crippen molar-refractivity contribution in [2.75, 3.05) is 6.54 Å². The van der Waals surface area contributed by atoms with Gasteiger partial charge in [0.15, 0.2) is 0 Å². The van der Waals surface area contributed by atoms with E-state index in [0.717, 1.165) is 18.5 Å². The van der Waals surface area contributed by atoms with Crippen LogP contribution in [0, 0.1) is 11.3 Å². The van der Waals surface area contributed by atoms with E-state index in [1.54, 1.807) is 0 Å². The van der Waals surface area contributed by atoms with Gasteiger partial charge in [0.05, 0.1) is 0 Å². The molecule has 14 heavy (non-hydrogen) atoms. The molecule has 0 aromatic carbocycles. The molecule has 1 rings (SSSR count). The largest absolute Gasteiger partial charge is 0.314 e. The summed E-state index contributed by atoms with van der Waals surface area (Å²) in [6.07, 6.45) is 7.14. The van der Waals surface area contributed by atoms with Crippen molar-refractivity contribution in [3.63, 3.8) is 0 Å². The molecule has 1 atom stereocenters. The van der Waals surface area contributed by atoms with Gasteiger partial charge in [0.2, 0.25) is 0 Å². The third-order valence-corrected chi connectivity index (χ3v) is 3.27. The van der Waals surface area contributed by atoms with Crippen molar-refractivity contribution in [2.45, 2.75) is 65.8 Å². The Labute approximate surface area is 89.7 Å². The molecule has 1 unspecified atom stereocenters. The Balaban J connectivity index is 2.45. The zero-order valence-corrected chi connectivity index (χ0v) is 10.4. The summed E-state index contributed by atoms with van der Waals surface area (Å²) in [6.45, 7) is 10.4. The van der Waals surface area contributed by atoms with Crippen LogP contribution in [0.1, 0.15) is 59.8 Å². The molecule has 0 heterocycles. The van der Waals surface area contributed by atoms with Crippen LogP contribution >= 0.6 is 0 Å². The molecule has 1 N–H and O–H groups in total. The summed E-state index contributed by atoms with van der Waals surface area (Å²) in [5.41, 5.74) is 0.468. The first kappa shape index (κ1) is 12.0. The molecule has 0 aliphatic heterocycles. The SMILES string of the molecule is CCNC(CC(C)(C)C)C1CCCC1. The summed E-state index contributed by atoms with van der Waals surface area (Å²) in [6, 6.07) is 0.766. The standard InChI is InChI=1S/C13H27N/c1-5-14-12(10-13(2,3)4)11-8-6-7-9-11/h11-12,14H,5-10H2,1-4H3. The third kappa shape index (κ3) is 4.00. The van der Waals surface area contributed by atoms with E-state index in [1.807, 2.05) is 0 Å². The van der Waals surface area contributed by atoms with Crippen LogP contribution < -0.4 is 5.32 Å². The molecule has 0 bridgehead atoms. The highest BCUT2D eigenvalue weighted by Gasteiger charge is 2.27. The molecule has 1 saturated carbocycles. The van der Waals surface area contributed by atoms with Gasteiger partial charge in [-0.25, -0.2) is 0 Å². The fourth-order valence-electron chi connectivity index (χ4n) is 2.69. The maximum absolute atomic E-state index is 3.68. The Hall–Kier alpha value is -0.0400. The first-order chi connectivity index (χ1) is 6.53. The third-order valence-electron chi connectivity index (χ3n) is 3.27. The molecule has 0 amide bonds. The number of nitrogens with one attached hydrogen (secondary N) is 1. The lowest BCUT2D eigenvalue weighted by Crippen LogP contribution is -2.38. The molecule has 1 aliphatic carbocycles. The minimum absolute atomic E-state index is 0.468. The molecule has 1 heteroatoms. The van der Waals surface area contributed by atoms with E-state index >= 15 is 0 Å². The van der Waals surface area contributed by atoms with Crippen molar-refractivity contribution in [1.82, 2.24) is 5.32 Å². The van der Waals surface area contributed by atoms with E-state index in [-0.39, 0.29) is 0 Å². The number of hydrogen-bond acceptors (Lipinski definition) is 1. The van der Waals surface area contributed by atoms with Gasteiger partial charge in [0.1, 0.15) is 0 Å². The van der Waals surface area contributed by atoms with Crippen LogP contribution in [0.3, 0.4) is 0 Å². The molecule has 0 saturated heterocycles. The molecule has 1 fully saturated rings. The summed E-state index contributed by atoms with van der Waals surface area (Å²) >= 11 is 0. The molecule has 84 valence electrons. The lowest BCUT2D eigenvalue weighted by Gasteiger charge is -2.30. The minimum atomic E-state index is 0.468. The summed E-state index contributed by atoms with van der Waals surface area (Å²) in [5.74, 6) is 0.953. The number of rotatable bonds is 4. The second-order valence-electron chi connectivity index (χ2n) is 5.97. The van der Waals surface area contributed by atoms with E-state index < -0.39 is 0 Å². The van der Waals surface area contributed by atoms with Crippen LogP contribution in [0.5, 0.6) is 0 Å². The summed E-state index contributed by atoms with van der Waals surface area (Å²) in [7, 11) is 0. The van der Waals surface area contributed by atoms with Crippen molar-refractivity contribution in [3.05, 3.63) is 0 Å². The molecule has 0 spiro atoms. The molecular formula is C13H27N. The van der Waals surface area contributed by atoms with Crippen LogP contribution in [-0.4, -0.2) is 12.6 Å². The molecule has 1 aliphatic rings. The smallest absolute Gasteiger partial charge is 0.0100 e. The monoisotopic (exact) mass is 197 g/mol. The first-order valence-corrected chi connectivity index (χ1v) is 6.26. The predicted molar refractivity (Wildman–Crippen MR) is 63.5 cm³/mol. The summed E-state index contributed by atoms with van der Waals surface area (Å²) in [5, 5.41) is 3.68. The van der Waals surface area contributed by atoms with Gasteiger partial charge in [-0.05, 0) is 37.1 Å². The van der Waals surface area contributed by atoms with E-state index in [0.29, 0.717) is 5.41 Å². The summed E-state index contributed by atoms with van der Waals surface area (Å²) < 4.78 is 0. The number of hydrogen-bond donors (Lipinski definition) is 1. The highest BCUT2D eigenvalue weighted by atomic mass is 14.9. The van der Waals surface area contributed by atoms with Crippen LogP contribution in [0.25, 0.3) is 0 Å². The summed E-state index contributed by atoms with van der Waals surface area (Å²) in [4.78, 5) is 0. The lowest BCUT2D eigenvalue weighted by molar-refractivity contribution is 0.250. The van der Waals surface area contributed by atoms with Crippen molar-refractivity contribution >= 4 is 0 Å². The zero-order chi connectivity index (χ0) is 10.6. The quantitative estimate of drug-likeness (QED) is 0.726. The molecular weight excluding hydrogens is 170 g/mol. The van der Waals surface area contributed by atoms with Gasteiger partial charge >= 0.3 is 0 Å². The van der Waals surface area contributed by atoms with Crippen LogP contribution in [0.2, 0.25) is 0 Å². The molecule has 0 aromatic rings. The molecule has 0 aromatic heterocycles. The van der Waals surface area contributed by atoms with Crippen molar-refractivity contribution in [2.24, 2.45) is 11.3 Å². The highest BCUT2D eigenvalue weighted by molar-refractivity contribution is 4.83. The van der Waals surface area contributed by atoms with Crippen molar-refractivity contribution in [1.29, 1.82) is 0 Å². The van der Waals surface area contributed by atoms with Crippen LogP contribution in [-0.2, 0) is 0 Å². The Bertz CT molecular complexity index is 151. The van der Waals surface area contributed by atoms with E-state index in [9.17, 15) is 0 Å². The minimum Gasteiger partial charge on any atom is -0.314 e. The Morgan fingerprint density at radius 1 is 1.21 bits per heavy atom. The maximum atomic E-state index is 3.68. The van der Waals surface area contributed by atoms with Gasteiger partial charge in [0, 0.05) is 6.04 Å². The average Bonchev–Trinajstić information content (AvgIpc) is 2.52. The van der Waals surface area contributed by atoms with Crippen molar-refractivity contribution < 1.29 is 0 Å². The molecule has 0 radical (unpaired) electrons. The fourth-order valence-corrected chi connectivity index (χ4v) is 2.69. The Morgan fingerprint density at radius 3 is 2.21 bits per heavy atom. The van der Waals surface area contributed by atoms with E-state index in [4.69, 9.17) is 0 Å². The average molecular weight is 197 g/mol. The lowest BCUT2D eigenvalue weighted by atomic mass is 9.82. The molecule has 1 nitrogen and oxygen atoms in total. The Morgan fingerprint density at radius 2 is 1.79 bits per heavy atom. The van der Waals surface area contributed by atoms with Crippen molar-refractivity contribution in [3.8, 4) is 0 Å². The van der Waals surface area contributed by atoms with E-state index in [2.05, 4.69) is 33.0 Å². The predicted octanol–water partition coefficient (Wildman–Crippen LogP) is 3.59. The maximum Gasteiger partial charge on any atom is 0.0100 e. The van der Waals surface area contributed by atoms with E-state index in [1.165, 1.54) is 32.1 Å². The van der Waals surface area contributed by atoms with Gasteiger partial charge in [-0.15, -0.1) is 0 Å². The second-order valence-corrected chi connectivity index (χ2v) is 5.97. The normalized spacial score (nSPS) is 21.4. The van der Waals surface area contributed by atoms with Gasteiger partial charge < -0.3 is 5.32 Å². The zero-order valence-electron chi connectivity index (χ0n) is 10.4. The van der Waals surface area contributed by atoms with Gasteiger partial charge in [0.25, 0.3) is 0 Å². The second kappa shape index (κ2) is 5.16. The highest BCUT2D eigenvalue weighted by Crippen LogP contribution is 2.33. The van der Waals surface area contributed by atoms with Crippen LogP contribution in [0.15, 0.2) is 0 Å². The van der Waals surface area contributed by atoms with Gasteiger partial charge in [-0.1, -0.05) is 40.5 Å². The Kier molecular flexibility index (Phi) is 4.43. The fraction of sp³-hybridized carbons (Fsp3) is 1.00. The van der Waals surface area contributed by atoms with Gasteiger partial charge in [-0.3, -0.25) is 0 Å². The van der Waals surface area contributed by atoms with Crippen LogP contribution in [0.4, 0.5) is 0 Å². The van der Waals surface area contributed by atoms with Gasteiger partial charge in [-0.2, -0.15) is 0 Å². The topological polar surface area (TPSA) is 12.0 Å². The first-order valence-electron chi connectivity index (χ1n) is 6.26.